The molecule has 5 N–H and O–H groups in total. The molecule has 2 atom stereocenters. The summed E-state index contributed by atoms with van der Waals surface area (Å²) in [6, 6.07) is -1.10. The van der Waals surface area contributed by atoms with Crippen LogP contribution in [0, 0.1) is 0 Å². The number of allylic oxidation sites excluding steroid dienone is 1. The predicted octanol–water partition coefficient (Wildman–Crippen LogP) is -2.84. The molecule has 1 aromatic rings. The zero-order chi connectivity index (χ0) is 27.2. The number of aliphatic carboxylic acids is 1. The third-order valence-corrected chi connectivity index (χ3v) is 7.54. The van der Waals surface area contributed by atoms with Crippen LogP contribution in [-0.4, -0.2) is 116 Å². The number of anilines is 1. The number of halogens is 1. The monoisotopic (exact) mass is 559 g/mol. The highest BCUT2D eigenvalue weighted by atomic mass is 32.2. The van der Waals surface area contributed by atoms with Gasteiger partial charge in [0.05, 0.1) is 38.5 Å². The third kappa shape index (κ3) is 6.42. The van der Waals surface area contributed by atoms with Gasteiger partial charge < -0.3 is 40.5 Å². The molecule has 202 valence electrons. The number of likely N-dealkylation sites (N-methyl/N-ethyl adjacent to an activating group) is 1. The number of carbonyl (C=O) groups is 3. The Morgan fingerprint density at radius 2 is 2.11 bits per heavy atom. The van der Waals surface area contributed by atoms with Gasteiger partial charge in [0.25, 0.3) is 18.7 Å². The number of quaternary nitrogens is 1. The van der Waals surface area contributed by atoms with Crippen LogP contribution in [0.3, 0.4) is 0 Å². The normalized spacial score (nSPS) is 20.2. The largest absolute Gasteiger partial charge is 0.543 e. The number of carboxylic acid groups (broad SMARTS) is 1. The Bertz CT molecular complexity index is 1120. The summed E-state index contributed by atoms with van der Waals surface area (Å²) in [6.45, 7) is -0.288. The van der Waals surface area contributed by atoms with E-state index >= 15 is 0 Å². The number of carbonyl (C=O) groups excluding carboxylic acids is 3. The number of aromatic nitrogens is 2. The van der Waals surface area contributed by atoms with Crippen LogP contribution in [0.15, 0.2) is 28.6 Å². The molecule has 0 bridgehead atoms. The second-order valence-electron chi connectivity index (χ2n) is 8.26. The third-order valence-electron chi connectivity index (χ3n) is 5.70. The number of nitrogens with two attached hydrogens (primary N) is 1. The summed E-state index contributed by atoms with van der Waals surface area (Å²) in [5, 5.41) is 35.6. The van der Waals surface area contributed by atoms with Crippen molar-refractivity contribution in [1.29, 1.82) is 0 Å². The Hall–Kier alpha value is -3.12. The Labute approximate surface area is 219 Å². The van der Waals surface area contributed by atoms with Crippen LogP contribution >= 0.6 is 23.3 Å². The number of nitrogens with one attached hydrogen (secondary N) is 1. The molecule has 14 nitrogen and oxygen atoms in total. The van der Waals surface area contributed by atoms with Gasteiger partial charge in [0.1, 0.15) is 24.5 Å². The smallest absolute Gasteiger partial charge is 0.278 e. The molecular formula is C20H26FN7O7S2. The van der Waals surface area contributed by atoms with Gasteiger partial charge >= 0.3 is 0 Å². The molecule has 2 amide bonds. The number of hydrogen-bond acceptors (Lipinski definition) is 13. The van der Waals surface area contributed by atoms with Crippen molar-refractivity contribution in [3.8, 4) is 0 Å². The van der Waals surface area contributed by atoms with Crippen LogP contribution in [-0.2, 0) is 19.2 Å². The second kappa shape index (κ2) is 12.4. The van der Waals surface area contributed by atoms with E-state index in [1.54, 1.807) is 12.2 Å². The molecule has 0 spiro atoms. The zero-order valence-corrected chi connectivity index (χ0v) is 21.3. The van der Waals surface area contributed by atoms with Crippen molar-refractivity contribution in [1.82, 2.24) is 19.6 Å². The number of β-lactam (4-membered cyclic amide) rings is 1. The first kappa shape index (κ1) is 28.5. The maximum atomic E-state index is 12.9. The van der Waals surface area contributed by atoms with Crippen LogP contribution in [0.5, 0.6) is 0 Å². The van der Waals surface area contributed by atoms with Gasteiger partial charge in [-0.25, -0.2) is 4.39 Å². The number of amides is 2. The van der Waals surface area contributed by atoms with E-state index in [9.17, 15) is 34.1 Å². The molecule has 3 heterocycles. The zero-order valence-electron chi connectivity index (χ0n) is 19.7. The number of aliphatic hydroxyl groups is 2. The molecule has 0 aliphatic carbocycles. The molecular weight excluding hydrogens is 533 g/mol. The van der Waals surface area contributed by atoms with Crippen LogP contribution in [0.2, 0.25) is 0 Å². The van der Waals surface area contributed by atoms with Gasteiger partial charge in [0, 0.05) is 17.3 Å². The Morgan fingerprint density at radius 3 is 2.68 bits per heavy atom. The lowest BCUT2D eigenvalue weighted by molar-refractivity contribution is -0.904. The summed E-state index contributed by atoms with van der Waals surface area (Å²) in [6.07, 6.45) is 3.30. The van der Waals surface area contributed by atoms with Gasteiger partial charge in [-0.05, 0) is 11.6 Å². The van der Waals surface area contributed by atoms with Crippen molar-refractivity contribution < 1.29 is 43.4 Å². The molecule has 0 radical (unpaired) electrons. The average molecular weight is 560 g/mol. The maximum Gasteiger partial charge on any atom is 0.278 e. The van der Waals surface area contributed by atoms with E-state index in [4.69, 9.17) is 5.73 Å². The fourth-order valence-corrected chi connectivity index (χ4v) is 5.55. The van der Waals surface area contributed by atoms with Crippen LogP contribution in [0.4, 0.5) is 9.52 Å². The van der Waals surface area contributed by atoms with Crippen LogP contribution in [0.1, 0.15) is 5.82 Å². The molecule has 1 saturated heterocycles. The van der Waals surface area contributed by atoms with Crippen LogP contribution in [0.25, 0.3) is 0 Å². The minimum absolute atomic E-state index is 0.0284. The summed E-state index contributed by atoms with van der Waals surface area (Å²) in [5.74, 6) is -3.18. The SMILES string of the molecule is C[N+](C/C=C/C1=C(C(=O)[O-])N2C(=O)[C@@H](NC(=O)/C(=N\OCF)c3nsc(N)n3)[C@H]2SC1)(CCO)CCO. The highest BCUT2D eigenvalue weighted by Crippen LogP contribution is 2.40. The number of alkyl halides is 1. The van der Waals surface area contributed by atoms with Gasteiger partial charge in [-0.2, -0.15) is 9.36 Å². The van der Waals surface area contributed by atoms with Gasteiger partial charge in [-0.1, -0.05) is 11.2 Å². The van der Waals surface area contributed by atoms with Crippen molar-refractivity contribution in [2.45, 2.75) is 11.4 Å². The summed E-state index contributed by atoms with van der Waals surface area (Å²) >= 11 is 2.00. The number of nitrogen functional groups attached to an aromatic ring is 1. The molecule has 2 aliphatic rings. The summed E-state index contributed by atoms with van der Waals surface area (Å²) < 4.78 is 16.6. The Morgan fingerprint density at radius 1 is 1.41 bits per heavy atom. The van der Waals surface area contributed by atoms with Gasteiger partial charge in [-0.3, -0.25) is 14.5 Å². The number of carboxylic acids is 1. The highest BCUT2D eigenvalue weighted by Gasteiger charge is 2.53. The lowest BCUT2D eigenvalue weighted by atomic mass is 10.0. The first-order chi connectivity index (χ1) is 17.7. The number of thioether (sulfide) groups is 1. The summed E-state index contributed by atoms with van der Waals surface area (Å²) in [7, 11) is 1.84. The fraction of sp³-hybridized carbons (Fsp3) is 0.500. The molecule has 17 heteroatoms. The van der Waals surface area contributed by atoms with E-state index in [0.29, 0.717) is 29.7 Å². The molecule has 2 aliphatic heterocycles. The van der Waals surface area contributed by atoms with Gasteiger partial charge in [0.15, 0.2) is 5.13 Å². The second-order valence-corrected chi connectivity index (χ2v) is 10.1. The number of hydrogen-bond donors (Lipinski definition) is 4. The van der Waals surface area contributed by atoms with Crippen molar-refractivity contribution in [3.05, 3.63) is 29.2 Å². The van der Waals surface area contributed by atoms with E-state index in [1.165, 1.54) is 11.8 Å². The molecule has 0 unspecified atom stereocenters. The Balaban J connectivity index is 1.76. The van der Waals surface area contributed by atoms with E-state index in [1.807, 2.05) is 7.05 Å². The molecule has 0 saturated carbocycles. The summed E-state index contributed by atoms with van der Waals surface area (Å²) in [4.78, 5) is 46.8. The van der Waals surface area contributed by atoms with E-state index in [2.05, 4.69) is 24.7 Å². The molecule has 3 rings (SSSR count). The lowest BCUT2D eigenvalue weighted by Gasteiger charge is -2.50. The first-order valence-corrected chi connectivity index (χ1v) is 12.7. The van der Waals surface area contributed by atoms with E-state index in [-0.39, 0.29) is 35.6 Å². The fourth-order valence-electron chi connectivity index (χ4n) is 3.80. The number of rotatable bonds is 13. The lowest BCUT2D eigenvalue weighted by Crippen LogP contribution is -2.71. The topological polar surface area (TPSA) is 203 Å². The summed E-state index contributed by atoms with van der Waals surface area (Å²) in [5.41, 5.74) is 5.06. The number of fused-ring (bicyclic) bond motifs is 1. The van der Waals surface area contributed by atoms with Crippen molar-refractivity contribution in [2.75, 3.05) is 58.2 Å². The first-order valence-electron chi connectivity index (χ1n) is 10.9. The predicted molar refractivity (Wildman–Crippen MR) is 129 cm³/mol. The van der Waals surface area contributed by atoms with E-state index in [0.717, 1.165) is 16.4 Å². The van der Waals surface area contributed by atoms with E-state index < -0.39 is 41.8 Å². The van der Waals surface area contributed by atoms with Gasteiger partial charge in [0.2, 0.25) is 11.5 Å². The number of oxime groups is 1. The van der Waals surface area contributed by atoms with Crippen LogP contribution < -0.4 is 16.2 Å². The molecule has 1 aromatic heterocycles. The average Bonchev–Trinajstić information content (AvgIpc) is 3.28. The maximum absolute atomic E-state index is 12.9. The highest BCUT2D eigenvalue weighted by molar-refractivity contribution is 8.00. The number of aliphatic hydroxyl groups excluding tert-OH is 2. The Kier molecular flexibility index (Phi) is 9.55. The van der Waals surface area contributed by atoms with Gasteiger partial charge in [-0.15, -0.1) is 11.8 Å². The minimum atomic E-state index is -1.55. The van der Waals surface area contributed by atoms with Crippen molar-refractivity contribution >= 4 is 51.9 Å². The minimum Gasteiger partial charge on any atom is -0.543 e. The molecule has 1 fully saturated rings. The van der Waals surface area contributed by atoms with Crippen molar-refractivity contribution in [3.63, 3.8) is 0 Å². The standard InChI is InChI=1S/C20H26FN7O7S2/c1-28(5-7-29,6-8-30)4-2-3-11-9-36-18-13(17(32)27(18)14(11)19(33)34)23-16(31)12(25-35-10-21)15-24-20(22)37-26-15/h2-3,13,18,29-30H,4-10H2,1H3,(H3-,22,23,24,26,31,33,34)/b3-2+,25-12-/t13-,18-/m1/s1. The quantitative estimate of drug-likeness (QED) is 0.0839. The number of nitrogens with zero attached hydrogens (tertiary/aromatic N) is 5. The van der Waals surface area contributed by atoms with Crippen molar-refractivity contribution in [2.24, 2.45) is 5.16 Å². The molecule has 37 heavy (non-hydrogen) atoms. The molecule has 0 aromatic carbocycles.